The first-order valence-electron chi connectivity index (χ1n) is 5.56. The van der Waals surface area contributed by atoms with Crippen molar-refractivity contribution >= 4 is 15.9 Å². The van der Waals surface area contributed by atoms with Crippen molar-refractivity contribution in [1.29, 1.82) is 0 Å². The van der Waals surface area contributed by atoms with Crippen molar-refractivity contribution in [2.45, 2.75) is 18.2 Å². The van der Waals surface area contributed by atoms with Gasteiger partial charge in [-0.3, -0.25) is 0 Å². The third-order valence-corrected chi connectivity index (χ3v) is 3.34. The Balaban J connectivity index is 1.99. The summed E-state index contributed by atoms with van der Waals surface area (Å²) in [4.78, 5) is 0. The monoisotopic (exact) mass is 274 g/mol. The molecule has 0 aliphatic rings. The first kappa shape index (κ1) is 11.4. The molecule has 0 aliphatic carbocycles. The molecule has 0 atom stereocenters. The van der Waals surface area contributed by atoms with Gasteiger partial charge in [0.15, 0.2) is 0 Å². The van der Waals surface area contributed by atoms with Gasteiger partial charge in [-0.05, 0) is 29.5 Å². The molecule has 82 valence electrons. The van der Waals surface area contributed by atoms with E-state index in [1.807, 2.05) is 0 Å². The minimum atomic E-state index is 0.937. The SMILES string of the molecule is BrCc1cccc(CCc2ccccc2)c1. The van der Waals surface area contributed by atoms with Crippen molar-refractivity contribution in [1.82, 2.24) is 0 Å². The van der Waals surface area contributed by atoms with Gasteiger partial charge in [-0.1, -0.05) is 70.5 Å². The summed E-state index contributed by atoms with van der Waals surface area (Å²) in [7, 11) is 0. The molecular weight excluding hydrogens is 260 g/mol. The Bertz CT molecular complexity index is 434. The van der Waals surface area contributed by atoms with E-state index in [-0.39, 0.29) is 0 Å². The number of hydrogen-bond acceptors (Lipinski definition) is 0. The number of aryl methyl sites for hydroxylation is 2. The van der Waals surface area contributed by atoms with Crippen LogP contribution in [0.25, 0.3) is 0 Å². The fourth-order valence-corrected chi connectivity index (χ4v) is 2.15. The Kier molecular flexibility index (Phi) is 4.17. The number of hydrogen-bond donors (Lipinski definition) is 0. The van der Waals surface area contributed by atoms with E-state index in [1.54, 1.807) is 0 Å². The van der Waals surface area contributed by atoms with Crippen molar-refractivity contribution in [2.75, 3.05) is 0 Å². The van der Waals surface area contributed by atoms with Crippen molar-refractivity contribution in [2.24, 2.45) is 0 Å². The van der Waals surface area contributed by atoms with Gasteiger partial charge in [-0.15, -0.1) is 0 Å². The molecule has 0 saturated carbocycles. The fraction of sp³-hybridized carbons (Fsp3) is 0.200. The summed E-state index contributed by atoms with van der Waals surface area (Å²) in [5, 5.41) is 0.937. The molecule has 0 heterocycles. The van der Waals surface area contributed by atoms with Gasteiger partial charge in [0.05, 0.1) is 0 Å². The molecule has 0 bridgehead atoms. The molecule has 2 aromatic rings. The van der Waals surface area contributed by atoms with Gasteiger partial charge in [0.1, 0.15) is 0 Å². The number of alkyl halides is 1. The highest BCUT2D eigenvalue weighted by Crippen LogP contribution is 2.11. The lowest BCUT2D eigenvalue weighted by Crippen LogP contribution is -1.91. The lowest BCUT2D eigenvalue weighted by Gasteiger charge is -2.03. The van der Waals surface area contributed by atoms with Gasteiger partial charge in [0.2, 0.25) is 0 Å². The molecule has 0 aromatic heterocycles. The second-order valence-corrected chi connectivity index (χ2v) is 4.50. The highest BCUT2D eigenvalue weighted by atomic mass is 79.9. The van der Waals surface area contributed by atoms with Gasteiger partial charge in [0, 0.05) is 5.33 Å². The smallest absolute Gasteiger partial charge is 0.0283 e. The van der Waals surface area contributed by atoms with Crippen LogP contribution in [-0.4, -0.2) is 0 Å². The molecule has 0 amide bonds. The van der Waals surface area contributed by atoms with E-state index >= 15 is 0 Å². The van der Waals surface area contributed by atoms with Gasteiger partial charge in [-0.2, -0.15) is 0 Å². The summed E-state index contributed by atoms with van der Waals surface area (Å²) >= 11 is 3.49. The molecule has 0 aliphatic heterocycles. The van der Waals surface area contributed by atoms with E-state index in [4.69, 9.17) is 0 Å². The van der Waals surface area contributed by atoms with Gasteiger partial charge in [0.25, 0.3) is 0 Å². The fourth-order valence-electron chi connectivity index (χ4n) is 1.80. The number of halogens is 1. The van der Waals surface area contributed by atoms with Crippen molar-refractivity contribution in [3.63, 3.8) is 0 Å². The average Bonchev–Trinajstić information content (AvgIpc) is 2.38. The minimum absolute atomic E-state index is 0.937. The zero-order chi connectivity index (χ0) is 11.2. The van der Waals surface area contributed by atoms with E-state index in [1.165, 1.54) is 16.7 Å². The van der Waals surface area contributed by atoms with Crippen LogP contribution in [0, 0.1) is 0 Å². The topological polar surface area (TPSA) is 0 Å². The molecule has 0 fully saturated rings. The average molecular weight is 275 g/mol. The van der Waals surface area contributed by atoms with Crippen LogP contribution in [0.3, 0.4) is 0 Å². The summed E-state index contributed by atoms with van der Waals surface area (Å²) in [6, 6.07) is 19.4. The molecule has 2 rings (SSSR count). The largest absolute Gasteiger partial charge is 0.0876 e. The second-order valence-electron chi connectivity index (χ2n) is 3.94. The molecule has 0 unspecified atom stereocenters. The Labute approximate surface area is 105 Å². The lowest BCUT2D eigenvalue weighted by atomic mass is 10.0. The summed E-state index contributed by atoms with van der Waals surface area (Å²) in [6.07, 6.45) is 2.23. The maximum absolute atomic E-state index is 3.49. The van der Waals surface area contributed by atoms with Gasteiger partial charge >= 0.3 is 0 Å². The standard InChI is InChI=1S/C15H15Br/c16-12-15-8-4-7-14(11-15)10-9-13-5-2-1-3-6-13/h1-8,11H,9-10,12H2. The highest BCUT2D eigenvalue weighted by molar-refractivity contribution is 9.08. The summed E-state index contributed by atoms with van der Waals surface area (Å²) in [5.74, 6) is 0. The summed E-state index contributed by atoms with van der Waals surface area (Å²) in [6.45, 7) is 0. The van der Waals surface area contributed by atoms with E-state index in [0.717, 1.165) is 18.2 Å². The van der Waals surface area contributed by atoms with Gasteiger partial charge < -0.3 is 0 Å². The second kappa shape index (κ2) is 5.86. The zero-order valence-corrected chi connectivity index (χ0v) is 10.8. The molecule has 16 heavy (non-hydrogen) atoms. The Morgan fingerprint density at radius 3 is 2.06 bits per heavy atom. The molecule has 0 nitrogen and oxygen atoms in total. The highest BCUT2D eigenvalue weighted by Gasteiger charge is 1.96. The molecular formula is C15H15Br. The van der Waals surface area contributed by atoms with Crippen LogP contribution in [0.15, 0.2) is 54.6 Å². The van der Waals surface area contributed by atoms with Crippen LogP contribution in [0.5, 0.6) is 0 Å². The van der Waals surface area contributed by atoms with E-state index in [9.17, 15) is 0 Å². The van der Waals surface area contributed by atoms with E-state index < -0.39 is 0 Å². The van der Waals surface area contributed by atoms with E-state index in [2.05, 4.69) is 70.5 Å². The first-order chi connectivity index (χ1) is 7.88. The van der Waals surface area contributed by atoms with Gasteiger partial charge in [-0.25, -0.2) is 0 Å². The number of rotatable bonds is 4. The van der Waals surface area contributed by atoms with Crippen LogP contribution in [0.2, 0.25) is 0 Å². The molecule has 0 radical (unpaired) electrons. The molecule has 0 spiro atoms. The van der Waals surface area contributed by atoms with Crippen LogP contribution in [0.4, 0.5) is 0 Å². The molecule has 1 heteroatoms. The quantitative estimate of drug-likeness (QED) is 0.727. The Morgan fingerprint density at radius 2 is 1.31 bits per heavy atom. The van der Waals surface area contributed by atoms with Crippen molar-refractivity contribution < 1.29 is 0 Å². The Hall–Kier alpha value is -1.08. The maximum atomic E-state index is 3.49. The molecule has 0 N–H and O–H groups in total. The van der Waals surface area contributed by atoms with Crippen LogP contribution in [0.1, 0.15) is 16.7 Å². The van der Waals surface area contributed by atoms with Crippen LogP contribution >= 0.6 is 15.9 Å². The third-order valence-electron chi connectivity index (χ3n) is 2.69. The van der Waals surface area contributed by atoms with Crippen molar-refractivity contribution in [3.05, 3.63) is 71.3 Å². The summed E-state index contributed by atoms with van der Waals surface area (Å²) < 4.78 is 0. The lowest BCUT2D eigenvalue weighted by molar-refractivity contribution is 0.958. The predicted octanol–water partition coefficient (Wildman–Crippen LogP) is 4.37. The molecule has 0 saturated heterocycles. The zero-order valence-electron chi connectivity index (χ0n) is 9.20. The minimum Gasteiger partial charge on any atom is -0.0876 e. The van der Waals surface area contributed by atoms with Crippen LogP contribution < -0.4 is 0 Å². The maximum Gasteiger partial charge on any atom is 0.0283 e. The normalized spacial score (nSPS) is 10.3. The third kappa shape index (κ3) is 3.21. The number of benzene rings is 2. The Morgan fingerprint density at radius 1 is 0.688 bits per heavy atom. The summed E-state index contributed by atoms with van der Waals surface area (Å²) in [5.41, 5.74) is 4.18. The first-order valence-corrected chi connectivity index (χ1v) is 6.68. The van der Waals surface area contributed by atoms with E-state index in [0.29, 0.717) is 0 Å². The molecule has 2 aromatic carbocycles. The predicted molar refractivity (Wildman–Crippen MR) is 72.9 cm³/mol. The van der Waals surface area contributed by atoms with Crippen LogP contribution in [-0.2, 0) is 18.2 Å². The van der Waals surface area contributed by atoms with Crippen molar-refractivity contribution in [3.8, 4) is 0 Å².